The van der Waals surface area contributed by atoms with E-state index in [9.17, 15) is 4.79 Å². The molecule has 1 aliphatic carbocycles. The number of rotatable bonds is 2. The summed E-state index contributed by atoms with van der Waals surface area (Å²) in [5.41, 5.74) is 2.27. The van der Waals surface area contributed by atoms with Gasteiger partial charge in [0.1, 0.15) is 0 Å². The highest BCUT2D eigenvalue weighted by Crippen LogP contribution is 2.33. The minimum atomic E-state index is -0.0389. The third-order valence-corrected chi connectivity index (χ3v) is 3.63. The van der Waals surface area contributed by atoms with Gasteiger partial charge in [-0.3, -0.25) is 0 Å². The fourth-order valence-corrected chi connectivity index (χ4v) is 2.76. The lowest BCUT2D eigenvalue weighted by molar-refractivity contribution is 0.569. The second kappa shape index (κ2) is 4.89. The molecule has 90 valence electrons. The van der Waals surface area contributed by atoms with E-state index in [2.05, 4.69) is 23.8 Å². The van der Waals surface area contributed by atoms with Crippen LogP contribution in [0.1, 0.15) is 75.6 Å². The Kier molecular flexibility index (Phi) is 3.52. The van der Waals surface area contributed by atoms with E-state index in [1.54, 1.807) is 0 Å². The summed E-state index contributed by atoms with van der Waals surface area (Å²) in [7, 11) is 0. The predicted molar refractivity (Wildman–Crippen MR) is 65.9 cm³/mol. The Morgan fingerprint density at radius 3 is 2.25 bits per heavy atom. The molecule has 0 saturated heterocycles. The van der Waals surface area contributed by atoms with Gasteiger partial charge in [0.2, 0.25) is 0 Å². The summed E-state index contributed by atoms with van der Waals surface area (Å²) in [6.07, 6.45) is 7.76. The summed E-state index contributed by atoms with van der Waals surface area (Å²) >= 11 is 0. The van der Waals surface area contributed by atoms with Crippen molar-refractivity contribution in [1.29, 1.82) is 0 Å². The monoisotopic (exact) mass is 222 g/mol. The van der Waals surface area contributed by atoms with Crippen molar-refractivity contribution in [2.45, 2.75) is 64.2 Å². The van der Waals surface area contributed by atoms with Crippen molar-refractivity contribution in [3.8, 4) is 0 Å². The summed E-state index contributed by atoms with van der Waals surface area (Å²) in [6, 6.07) is 0. The summed E-state index contributed by atoms with van der Waals surface area (Å²) in [4.78, 5) is 17.4. The SMILES string of the molecule is CC(C)c1[nH]c(=O)[nH]c1C1CCCCCC1. The van der Waals surface area contributed by atoms with Crippen molar-refractivity contribution < 1.29 is 0 Å². The average molecular weight is 222 g/mol. The summed E-state index contributed by atoms with van der Waals surface area (Å²) < 4.78 is 0. The van der Waals surface area contributed by atoms with E-state index in [1.165, 1.54) is 44.2 Å². The fourth-order valence-electron chi connectivity index (χ4n) is 2.76. The Bertz CT molecular complexity index is 381. The van der Waals surface area contributed by atoms with Crippen LogP contribution in [0.15, 0.2) is 4.79 Å². The van der Waals surface area contributed by atoms with Crippen molar-refractivity contribution in [2.75, 3.05) is 0 Å². The van der Waals surface area contributed by atoms with Crippen molar-refractivity contribution >= 4 is 0 Å². The van der Waals surface area contributed by atoms with E-state index < -0.39 is 0 Å². The highest BCUT2D eigenvalue weighted by molar-refractivity contribution is 5.19. The lowest BCUT2D eigenvalue weighted by Crippen LogP contribution is -2.04. The van der Waals surface area contributed by atoms with Gasteiger partial charge in [0.05, 0.1) is 0 Å². The molecule has 0 amide bonds. The first kappa shape index (κ1) is 11.5. The molecule has 0 unspecified atom stereocenters. The number of aromatic nitrogens is 2. The quantitative estimate of drug-likeness (QED) is 0.741. The molecule has 3 nitrogen and oxygen atoms in total. The first-order valence-corrected chi connectivity index (χ1v) is 6.50. The summed E-state index contributed by atoms with van der Waals surface area (Å²) in [6.45, 7) is 4.28. The highest BCUT2D eigenvalue weighted by Gasteiger charge is 2.21. The Morgan fingerprint density at radius 1 is 1.06 bits per heavy atom. The van der Waals surface area contributed by atoms with Crippen molar-refractivity contribution in [3.63, 3.8) is 0 Å². The highest BCUT2D eigenvalue weighted by atomic mass is 16.1. The molecule has 0 spiro atoms. The van der Waals surface area contributed by atoms with E-state index in [-0.39, 0.29) is 5.69 Å². The number of H-pyrrole nitrogens is 2. The molecule has 0 aromatic carbocycles. The molecule has 0 bridgehead atoms. The summed E-state index contributed by atoms with van der Waals surface area (Å²) in [5.74, 6) is 0.969. The summed E-state index contributed by atoms with van der Waals surface area (Å²) in [5, 5.41) is 0. The van der Waals surface area contributed by atoms with Gasteiger partial charge in [-0.2, -0.15) is 0 Å². The van der Waals surface area contributed by atoms with E-state index in [0.717, 1.165) is 5.69 Å². The standard InChI is InChI=1S/C13H22N2O/c1-9(2)11-12(15-13(16)14-11)10-7-5-3-4-6-8-10/h9-10H,3-8H2,1-2H3,(H2,14,15,16). The van der Waals surface area contributed by atoms with Crippen LogP contribution >= 0.6 is 0 Å². The molecule has 0 radical (unpaired) electrons. The van der Waals surface area contributed by atoms with Crippen LogP contribution in [0.5, 0.6) is 0 Å². The van der Waals surface area contributed by atoms with E-state index >= 15 is 0 Å². The molecule has 2 N–H and O–H groups in total. The van der Waals surface area contributed by atoms with E-state index in [1.807, 2.05) is 0 Å². The topological polar surface area (TPSA) is 48.6 Å². The smallest absolute Gasteiger partial charge is 0.309 e. The van der Waals surface area contributed by atoms with Gasteiger partial charge < -0.3 is 9.97 Å². The number of aromatic amines is 2. The third kappa shape index (κ3) is 2.39. The third-order valence-electron chi connectivity index (χ3n) is 3.63. The van der Waals surface area contributed by atoms with Gasteiger partial charge in [-0.25, -0.2) is 4.79 Å². The van der Waals surface area contributed by atoms with Crippen LogP contribution in [0.4, 0.5) is 0 Å². The van der Waals surface area contributed by atoms with E-state index in [0.29, 0.717) is 11.8 Å². The van der Waals surface area contributed by atoms with Gasteiger partial charge in [0, 0.05) is 17.3 Å². The zero-order valence-corrected chi connectivity index (χ0v) is 10.3. The largest absolute Gasteiger partial charge is 0.323 e. The molecule has 3 heteroatoms. The first-order chi connectivity index (χ1) is 7.68. The van der Waals surface area contributed by atoms with Crippen LogP contribution in [0, 0.1) is 0 Å². The number of nitrogens with one attached hydrogen (secondary N) is 2. The van der Waals surface area contributed by atoms with Gasteiger partial charge >= 0.3 is 5.69 Å². The van der Waals surface area contributed by atoms with Crippen molar-refractivity contribution in [2.24, 2.45) is 0 Å². The molecule has 1 aliphatic rings. The predicted octanol–water partition coefficient (Wildman–Crippen LogP) is 3.26. The Morgan fingerprint density at radius 2 is 1.69 bits per heavy atom. The Balaban J connectivity index is 2.26. The van der Waals surface area contributed by atoms with Crippen LogP contribution in [0.3, 0.4) is 0 Å². The van der Waals surface area contributed by atoms with Gasteiger partial charge in [0.15, 0.2) is 0 Å². The second-order valence-corrected chi connectivity index (χ2v) is 5.25. The van der Waals surface area contributed by atoms with Crippen molar-refractivity contribution in [1.82, 2.24) is 9.97 Å². The lowest BCUT2D eigenvalue weighted by Gasteiger charge is -2.15. The minimum Gasteiger partial charge on any atom is -0.309 e. The molecule has 0 aliphatic heterocycles. The zero-order chi connectivity index (χ0) is 11.5. The molecule has 1 heterocycles. The molecular formula is C13H22N2O. The number of hydrogen-bond acceptors (Lipinski definition) is 1. The molecular weight excluding hydrogens is 200 g/mol. The average Bonchev–Trinajstić information content (AvgIpc) is 2.49. The van der Waals surface area contributed by atoms with Crippen LogP contribution in [-0.2, 0) is 0 Å². The Labute approximate surface area is 96.7 Å². The van der Waals surface area contributed by atoms with Gasteiger partial charge in [-0.05, 0) is 18.8 Å². The first-order valence-electron chi connectivity index (χ1n) is 6.50. The number of hydrogen-bond donors (Lipinski definition) is 2. The lowest BCUT2D eigenvalue weighted by atomic mass is 9.92. The van der Waals surface area contributed by atoms with Crippen LogP contribution in [0.2, 0.25) is 0 Å². The fraction of sp³-hybridized carbons (Fsp3) is 0.769. The number of imidazole rings is 1. The molecule has 1 aromatic rings. The minimum absolute atomic E-state index is 0.0389. The van der Waals surface area contributed by atoms with E-state index in [4.69, 9.17) is 0 Å². The molecule has 2 rings (SSSR count). The Hall–Kier alpha value is -0.990. The molecule has 1 fully saturated rings. The normalized spacial score (nSPS) is 18.9. The van der Waals surface area contributed by atoms with Gasteiger partial charge in [-0.15, -0.1) is 0 Å². The molecule has 16 heavy (non-hydrogen) atoms. The zero-order valence-electron chi connectivity index (χ0n) is 10.3. The second-order valence-electron chi connectivity index (χ2n) is 5.25. The maximum Gasteiger partial charge on any atom is 0.323 e. The van der Waals surface area contributed by atoms with Crippen LogP contribution in [0.25, 0.3) is 0 Å². The van der Waals surface area contributed by atoms with Crippen LogP contribution in [-0.4, -0.2) is 9.97 Å². The van der Waals surface area contributed by atoms with Crippen LogP contribution < -0.4 is 5.69 Å². The molecule has 1 saturated carbocycles. The maximum absolute atomic E-state index is 11.4. The molecule has 1 aromatic heterocycles. The van der Waals surface area contributed by atoms with Gasteiger partial charge in [0.25, 0.3) is 0 Å². The molecule has 0 atom stereocenters. The van der Waals surface area contributed by atoms with Gasteiger partial charge in [-0.1, -0.05) is 39.5 Å². The maximum atomic E-state index is 11.4. The van der Waals surface area contributed by atoms with Crippen molar-refractivity contribution in [3.05, 3.63) is 21.9 Å².